The lowest BCUT2D eigenvalue weighted by Gasteiger charge is -2.53. The number of morpholine rings is 1. The molecule has 1 N–H and O–H groups in total. The van der Waals surface area contributed by atoms with E-state index in [1.54, 1.807) is 0 Å². The van der Waals surface area contributed by atoms with Crippen molar-refractivity contribution in [2.24, 2.45) is 0 Å². The fourth-order valence-electron chi connectivity index (χ4n) is 4.23. The van der Waals surface area contributed by atoms with E-state index in [1.165, 1.54) is 24.2 Å². The molecule has 0 aromatic rings. The molecule has 3 aliphatic rings. The lowest BCUT2D eigenvalue weighted by Crippen LogP contribution is -3.26. The van der Waals surface area contributed by atoms with E-state index in [-0.39, 0.29) is 10.8 Å². The Morgan fingerprint density at radius 2 is 1.78 bits per heavy atom. The van der Waals surface area contributed by atoms with E-state index in [0.29, 0.717) is 5.75 Å². The molecule has 2 unspecified atom stereocenters. The van der Waals surface area contributed by atoms with Crippen LogP contribution in [-0.2, 0) is 14.6 Å². The summed E-state index contributed by atoms with van der Waals surface area (Å²) in [4.78, 5) is 1.51. The van der Waals surface area contributed by atoms with Crippen molar-refractivity contribution in [1.82, 2.24) is 0 Å². The Morgan fingerprint density at radius 1 is 1.06 bits per heavy atom. The standard InChI is InChI=1S/C13H23NO3S/c15-18(16)11-13(14-7-9-17-10-8-14)6-4-2-1-3-5-12(13)18/h12H,1-11H2/p+1. The molecule has 3 fully saturated rings. The maximum absolute atomic E-state index is 12.1. The van der Waals surface area contributed by atoms with Crippen molar-refractivity contribution in [3.05, 3.63) is 0 Å². The number of sulfone groups is 1. The molecule has 0 bridgehead atoms. The topological polar surface area (TPSA) is 47.8 Å². The van der Waals surface area contributed by atoms with E-state index in [1.807, 2.05) is 0 Å². The van der Waals surface area contributed by atoms with Gasteiger partial charge in [0.15, 0.2) is 9.84 Å². The van der Waals surface area contributed by atoms with Crippen molar-refractivity contribution >= 4 is 9.84 Å². The predicted octanol–water partition coefficient (Wildman–Crippen LogP) is -0.208. The van der Waals surface area contributed by atoms with Crippen molar-refractivity contribution in [3.8, 4) is 0 Å². The van der Waals surface area contributed by atoms with E-state index < -0.39 is 9.84 Å². The molecule has 0 aromatic heterocycles. The molecular weight excluding hydrogens is 250 g/mol. The van der Waals surface area contributed by atoms with Gasteiger partial charge < -0.3 is 9.64 Å². The van der Waals surface area contributed by atoms with Gasteiger partial charge in [-0.2, -0.15) is 0 Å². The van der Waals surface area contributed by atoms with E-state index >= 15 is 0 Å². The molecule has 2 atom stereocenters. The smallest absolute Gasteiger partial charge is 0.165 e. The first-order chi connectivity index (χ1) is 8.65. The first-order valence-electron chi connectivity index (χ1n) is 7.30. The molecular formula is C13H24NO3S+. The second-order valence-corrected chi connectivity index (χ2v) is 8.30. The van der Waals surface area contributed by atoms with Gasteiger partial charge in [-0.05, 0) is 12.8 Å². The molecule has 0 aromatic carbocycles. The van der Waals surface area contributed by atoms with Crippen molar-refractivity contribution in [3.63, 3.8) is 0 Å². The first kappa shape index (κ1) is 12.9. The summed E-state index contributed by atoms with van der Waals surface area (Å²) in [6.45, 7) is 3.58. The molecule has 1 aliphatic carbocycles. The van der Waals surface area contributed by atoms with Crippen molar-refractivity contribution < 1.29 is 18.1 Å². The predicted molar refractivity (Wildman–Crippen MR) is 69.5 cm³/mol. The van der Waals surface area contributed by atoms with Gasteiger partial charge in [0.25, 0.3) is 0 Å². The van der Waals surface area contributed by atoms with Crippen LogP contribution >= 0.6 is 0 Å². The Labute approximate surface area is 110 Å². The van der Waals surface area contributed by atoms with Crippen molar-refractivity contribution in [1.29, 1.82) is 0 Å². The zero-order chi connectivity index (χ0) is 12.6. The maximum atomic E-state index is 12.1. The normalized spacial score (nSPS) is 41.2. The molecule has 2 aliphatic heterocycles. The first-order valence-corrected chi connectivity index (χ1v) is 9.01. The lowest BCUT2D eigenvalue weighted by molar-refractivity contribution is -0.959. The number of fused-ring (bicyclic) bond motifs is 1. The lowest BCUT2D eigenvalue weighted by atomic mass is 9.82. The minimum Gasteiger partial charge on any atom is -0.370 e. The summed E-state index contributed by atoms with van der Waals surface area (Å²) >= 11 is 0. The monoisotopic (exact) mass is 274 g/mol. The average molecular weight is 274 g/mol. The highest BCUT2D eigenvalue weighted by atomic mass is 32.2. The highest BCUT2D eigenvalue weighted by Crippen LogP contribution is 2.39. The summed E-state index contributed by atoms with van der Waals surface area (Å²) in [5, 5.41) is -0.0570. The fourth-order valence-corrected chi connectivity index (χ4v) is 6.98. The zero-order valence-electron chi connectivity index (χ0n) is 11.0. The molecule has 2 heterocycles. The van der Waals surface area contributed by atoms with Crippen LogP contribution in [0.4, 0.5) is 0 Å². The quantitative estimate of drug-likeness (QED) is 0.720. The summed E-state index contributed by atoms with van der Waals surface area (Å²) in [5.74, 6) is 0.431. The van der Waals surface area contributed by atoms with E-state index in [2.05, 4.69) is 0 Å². The molecule has 2 saturated heterocycles. The van der Waals surface area contributed by atoms with Gasteiger partial charge in [0.1, 0.15) is 29.6 Å². The van der Waals surface area contributed by atoms with E-state index in [0.717, 1.165) is 45.6 Å². The van der Waals surface area contributed by atoms with Crippen LogP contribution in [0.15, 0.2) is 0 Å². The molecule has 1 saturated carbocycles. The number of hydrogen-bond donors (Lipinski definition) is 1. The third kappa shape index (κ3) is 2.00. The molecule has 0 amide bonds. The largest absolute Gasteiger partial charge is 0.370 e. The van der Waals surface area contributed by atoms with Crippen LogP contribution < -0.4 is 4.90 Å². The fraction of sp³-hybridized carbons (Fsp3) is 1.00. The van der Waals surface area contributed by atoms with Crippen molar-refractivity contribution in [2.75, 3.05) is 32.1 Å². The molecule has 4 nitrogen and oxygen atoms in total. The van der Waals surface area contributed by atoms with Gasteiger partial charge in [-0.25, -0.2) is 8.42 Å². The summed E-state index contributed by atoms with van der Waals surface area (Å²) in [6.07, 6.45) is 6.78. The molecule has 104 valence electrons. The molecule has 3 rings (SSSR count). The molecule has 0 spiro atoms. The van der Waals surface area contributed by atoms with Crippen LogP contribution in [0, 0.1) is 0 Å². The van der Waals surface area contributed by atoms with Crippen LogP contribution in [0.1, 0.15) is 38.5 Å². The van der Waals surface area contributed by atoms with Gasteiger partial charge in [-0.15, -0.1) is 0 Å². The Balaban J connectivity index is 1.85. The SMILES string of the molecule is O=S1(=O)CC2([NH+]3CCOCC3)CCCCCCC21. The summed E-state index contributed by atoms with van der Waals surface area (Å²) in [7, 11) is -2.79. The van der Waals surface area contributed by atoms with Crippen LogP contribution in [-0.4, -0.2) is 51.3 Å². The van der Waals surface area contributed by atoms with Crippen LogP contribution in [0.5, 0.6) is 0 Å². The van der Waals surface area contributed by atoms with Gasteiger partial charge in [0.2, 0.25) is 0 Å². The minimum absolute atomic E-state index is 0.0447. The number of quaternary nitrogens is 1. The van der Waals surface area contributed by atoms with Crippen LogP contribution in [0.25, 0.3) is 0 Å². The Hall–Kier alpha value is -0.130. The number of ether oxygens (including phenoxy) is 1. The van der Waals surface area contributed by atoms with Crippen LogP contribution in [0.2, 0.25) is 0 Å². The number of rotatable bonds is 1. The van der Waals surface area contributed by atoms with Crippen LogP contribution in [0.3, 0.4) is 0 Å². The van der Waals surface area contributed by atoms with Gasteiger partial charge in [-0.1, -0.05) is 19.3 Å². The summed E-state index contributed by atoms with van der Waals surface area (Å²) in [5.41, 5.74) is 0.0447. The van der Waals surface area contributed by atoms with Gasteiger partial charge >= 0.3 is 0 Å². The average Bonchev–Trinajstić information content (AvgIpc) is 2.34. The Kier molecular flexibility index (Phi) is 3.41. The van der Waals surface area contributed by atoms with Crippen molar-refractivity contribution in [2.45, 2.75) is 49.3 Å². The zero-order valence-corrected chi connectivity index (χ0v) is 11.8. The highest BCUT2D eigenvalue weighted by molar-refractivity contribution is 7.93. The van der Waals surface area contributed by atoms with Gasteiger partial charge in [-0.3, -0.25) is 0 Å². The summed E-state index contributed by atoms with van der Waals surface area (Å²) in [6, 6.07) is 0. The summed E-state index contributed by atoms with van der Waals surface area (Å²) < 4.78 is 29.7. The van der Waals surface area contributed by atoms with Gasteiger partial charge in [0, 0.05) is 6.42 Å². The third-order valence-electron chi connectivity index (χ3n) is 5.15. The number of nitrogens with one attached hydrogen (secondary N) is 1. The molecule has 18 heavy (non-hydrogen) atoms. The van der Waals surface area contributed by atoms with E-state index in [9.17, 15) is 8.42 Å². The Morgan fingerprint density at radius 3 is 2.50 bits per heavy atom. The maximum Gasteiger partial charge on any atom is 0.165 e. The second-order valence-electron chi connectivity index (χ2n) is 6.12. The number of hydrogen-bond acceptors (Lipinski definition) is 3. The minimum atomic E-state index is -2.79. The molecule has 5 heteroatoms. The van der Waals surface area contributed by atoms with E-state index in [4.69, 9.17) is 4.74 Å². The highest BCUT2D eigenvalue weighted by Gasteiger charge is 2.64. The Bertz CT molecular complexity index is 402. The van der Waals surface area contributed by atoms with Gasteiger partial charge in [0.05, 0.1) is 13.2 Å². The second kappa shape index (κ2) is 4.76. The third-order valence-corrected chi connectivity index (χ3v) is 7.62. The molecule has 0 radical (unpaired) electrons.